The minimum atomic E-state index is -0.190. The Hall–Kier alpha value is -1.65. The van der Waals surface area contributed by atoms with Gasteiger partial charge in [0.1, 0.15) is 0 Å². The Morgan fingerprint density at radius 2 is 2.29 bits per heavy atom. The lowest BCUT2D eigenvalue weighted by molar-refractivity contribution is 0.0949. The maximum absolute atomic E-state index is 11.9. The van der Waals surface area contributed by atoms with Gasteiger partial charge < -0.3 is 0 Å². The molecule has 17 heavy (non-hydrogen) atoms. The van der Waals surface area contributed by atoms with Crippen molar-refractivity contribution in [2.45, 2.75) is 39.0 Å². The van der Waals surface area contributed by atoms with Crippen LogP contribution in [0.25, 0.3) is 0 Å². The molecule has 2 aliphatic carbocycles. The van der Waals surface area contributed by atoms with Crippen LogP contribution in [-0.4, -0.2) is 21.8 Å². The number of amides is 1. The molecule has 5 heteroatoms. The summed E-state index contributed by atoms with van der Waals surface area (Å²) in [5.74, 6) is 0.393. The van der Waals surface area contributed by atoms with Crippen LogP contribution in [0.2, 0.25) is 0 Å². The first kappa shape index (κ1) is 10.5. The molecule has 90 valence electrons. The van der Waals surface area contributed by atoms with Gasteiger partial charge in [0.2, 0.25) is 0 Å². The Morgan fingerprint density at radius 1 is 1.47 bits per heavy atom. The average molecular weight is 232 g/mol. The molecule has 1 fully saturated rings. The molecule has 0 bridgehead atoms. The van der Waals surface area contributed by atoms with Crippen molar-refractivity contribution < 1.29 is 4.79 Å². The third-order valence-corrected chi connectivity index (χ3v) is 3.52. The summed E-state index contributed by atoms with van der Waals surface area (Å²) in [7, 11) is 0. The SMILES string of the molecule is C/C(=N\NC(=O)c1n[nH]c2c1CCC2)C1CC1. The van der Waals surface area contributed by atoms with Crippen molar-refractivity contribution >= 4 is 11.6 Å². The van der Waals surface area contributed by atoms with E-state index in [0.717, 1.165) is 36.2 Å². The fraction of sp³-hybridized carbons (Fsp3) is 0.583. The lowest BCUT2D eigenvalue weighted by Crippen LogP contribution is -2.21. The number of nitrogens with one attached hydrogen (secondary N) is 2. The number of rotatable bonds is 3. The molecule has 0 aromatic carbocycles. The van der Waals surface area contributed by atoms with Crippen LogP contribution in [-0.2, 0) is 12.8 Å². The van der Waals surface area contributed by atoms with E-state index in [2.05, 4.69) is 20.7 Å². The molecule has 1 saturated carbocycles. The van der Waals surface area contributed by atoms with Crippen molar-refractivity contribution in [1.82, 2.24) is 15.6 Å². The quantitative estimate of drug-likeness (QED) is 0.611. The normalized spacial score (nSPS) is 19.2. The number of hydrazone groups is 1. The predicted molar refractivity (Wildman–Crippen MR) is 63.9 cm³/mol. The number of fused-ring (bicyclic) bond motifs is 1. The molecule has 5 nitrogen and oxygen atoms in total. The highest BCUT2D eigenvalue weighted by Gasteiger charge is 2.26. The predicted octanol–water partition coefficient (Wildman–Crippen LogP) is 1.41. The number of carbonyl (C=O) groups is 1. The van der Waals surface area contributed by atoms with Gasteiger partial charge in [0, 0.05) is 17.0 Å². The Kier molecular flexibility index (Phi) is 2.46. The van der Waals surface area contributed by atoms with Crippen LogP contribution in [0.15, 0.2) is 5.10 Å². The van der Waals surface area contributed by atoms with Crippen LogP contribution in [0.4, 0.5) is 0 Å². The maximum Gasteiger partial charge on any atom is 0.292 e. The Bertz CT molecular complexity index is 485. The zero-order chi connectivity index (χ0) is 11.8. The first-order valence-electron chi connectivity index (χ1n) is 6.16. The van der Waals surface area contributed by atoms with Crippen LogP contribution in [0.3, 0.4) is 0 Å². The lowest BCUT2D eigenvalue weighted by atomic mass is 10.2. The second-order valence-electron chi connectivity index (χ2n) is 4.85. The highest BCUT2D eigenvalue weighted by atomic mass is 16.2. The number of nitrogens with zero attached hydrogens (tertiary/aromatic N) is 2. The summed E-state index contributed by atoms with van der Waals surface area (Å²) in [5.41, 5.74) is 6.32. The molecule has 3 rings (SSSR count). The highest BCUT2D eigenvalue weighted by Crippen LogP contribution is 2.30. The zero-order valence-corrected chi connectivity index (χ0v) is 9.92. The first-order valence-corrected chi connectivity index (χ1v) is 6.16. The fourth-order valence-corrected chi connectivity index (χ4v) is 2.29. The van der Waals surface area contributed by atoms with Gasteiger partial charge in [-0.2, -0.15) is 10.2 Å². The smallest absolute Gasteiger partial charge is 0.281 e. The first-order chi connectivity index (χ1) is 8.25. The van der Waals surface area contributed by atoms with Gasteiger partial charge in [0.25, 0.3) is 5.91 Å². The van der Waals surface area contributed by atoms with Crippen LogP contribution < -0.4 is 5.43 Å². The molecule has 1 amide bonds. The Labute approximate surface area is 99.7 Å². The molecule has 0 unspecified atom stereocenters. The van der Waals surface area contributed by atoms with Crippen LogP contribution in [0, 0.1) is 5.92 Å². The molecule has 0 atom stereocenters. The molecule has 0 spiro atoms. The number of hydrogen-bond acceptors (Lipinski definition) is 3. The third kappa shape index (κ3) is 1.97. The van der Waals surface area contributed by atoms with Gasteiger partial charge in [0.15, 0.2) is 5.69 Å². The van der Waals surface area contributed by atoms with Gasteiger partial charge in [-0.15, -0.1) is 0 Å². The summed E-state index contributed by atoms with van der Waals surface area (Å²) in [4.78, 5) is 11.9. The minimum absolute atomic E-state index is 0.190. The summed E-state index contributed by atoms with van der Waals surface area (Å²) in [6.07, 6.45) is 5.44. The largest absolute Gasteiger partial charge is 0.292 e. The van der Waals surface area contributed by atoms with Gasteiger partial charge in [-0.3, -0.25) is 9.89 Å². The Balaban J connectivity index is 1.71. The van der Waals surface area contributed by atoms with E-state index in [1.807, 2.05) is 6.92 Å². The van der Waals surface area contributed by atoms with Crippen molar-refractivity contribution in [1.29, 1.82) is 0 Å². The second-order valence-corrected chi connectivity index (χ2v) is 4.85. The van der Waals surface area contributed by atoms with Crippen LogP contribution in [0.5, 0.6) is 0 Å². The van der Waals surface area contributed by atoms with E-state index in [4.69, 9.17) is 0 Å². The number of carbonyl (C=O) groups excluding carboxylic acids is 1. The average Bonchev–Trinajstić information content (AvgIpc) is 2.93. The number of aromatic nitrogens is 2. The number of aryl methyl sites for hydroxylation is 1. The summed E-state index contributed by atoms with van der Waals surface area (Å²) >= 11 is 0. The maximum atomic E-state index is 11.9. The number of hydrogen-bond donors (Lipinski definition) is 2. The summed E-state index contributed by atoms with van der Waals surface area (Å²) < 4.78 is 0. The molecule has 0 radical (unpaired) electrons. The topological polar surface area (TPSA) is 70.1 Å². The molecule has 1 heterocycles. The third-order valence-electron chi connectivity index (χ3n) is 3.52. The molecule has 1 aromatic rings. The minimum Gasteiger partial charge on any atom is -0.281 e. The summed E-state index contributed by atoms with van der Waals surface area (Å²) in [5, 5.41) is 11.1. The van der Waals surface area contributed by atoms with Gasteiger partial charge in [0.05, 0.1) is 0 Å². The van der Waals surface area contributed by atoms with Crippen molar-refractivity contribution in [3.05, 3.63) is 17.0 Å². The van der Waals surface area contributed by atoms with E-state index in [9.17, 15) is 4.79 Å². The van der Waals surface area contributed by atoms with E-state index in [0.29, 0.717) is 11.6 Å². The number of aromatic amines is 1. The van der Waals surface area contributed by atoms with Crippen LogP contribution in [0.1, 0.15) is 47.9 Å². The van der Waals surface area contributed by atoms with Crippen molar-refractivity contribution in [3.8, 4) is 0 Å². The second kappa shape index (κ2) is 3.98. The zero-order valence-electron chi connectivity index (χ0n) is 9.92. The molecular formula is C12H16N4O. The van der Waals surface area contributed by atoms with E-state index >= 15 is 0 Å². The lowest BCUT2D eigenvalue weighted by Gasteiger charge is -2.00. The highest BCUT2D eigenvalue weighted by molar-refractivity contribution is 5.95. The van der Waals surface area contributed by atoms with Gasteiger partial charge in [-0.1, -0.05) is 0 Å². The summed E-state index contributed by atoms with van der Waals surface area (Å²) in [6.45, 7) is 1.97. The van der Waals surface area contributed by atoms with Gasteiger partial charge in [-0.25, -0.2) is 5.43 Å². The fourth-order valence-electron chi connectivity index (χ4n) is 2.29. The Morgan fingerprint density at radius 3 is 3.06 bits per heavy atom. The van der Waals surface area contributed by atoms with E-state index in [1.165, 1.54) is 12.8 Å². The standard InChI is InChI=1S/C12H16N4O/c1-7(8-5-6-8)13-16-12(17)11-9-3-2-4-10(9)14-15-11/h8H,2-6H2,1H3,(H,14,15)(H,16,17)/b13-7+. The summed E-state index contributed by atoms with van der Waals surface area (Å²) in [6, 6.07) is 0. The molecule has 0 saturated heterocycles. The molecule has 2 aliphatic rings. The molecular weight excluding hydrogens is 216 g/mol. The van der Waals surface area contributed by atoms with Crippen LogP contribution >= 0.6 is 0 Å². The number of H-pyrrole nitrogens is 1. The monoisotopic (exact) mass is 232 g/mol. The van der Waals surface area contributed by atoms with E-state index < -0.39 is 0 Å². The molecule has 1 aromatic heterocycles. The molecule has 0 aliphatic heterocycles. The van der Waals surface area contributed by atoms with Crippen molar-refractivity contribution in [2.24, 2.45) is 11.0 Å². The van der Waals surface area contributed by atoms with E-state index in [-0.39, 0.29) is 5.91 Å². The van der Waals surface area contributed by atoms with Gasteiger partial charge in [-0.05, 0) is 44.9 Å². The van der Waals surface area contributed by atoms with Crippen molar-refractivity contribution in [3.63, 3.8) is 0 Å². The van der Waals surface area contributed by atoms with Gasteiger partial charge >= 0.3 is 0 Å². The molecule has 2 N–H and O–H groups in total. The van der Waals surface area contributed by atoms with Crippen molar-refractivity contribution in [2.75, 3.05) is 0 Å². The van der Waals surface area contributed by atoms with E-state index in [1.54, 1.807) is 0 Å².